The molecule has 2 unspecified atom stereocenters. The number of hydrogen-bond acceptors (Lipinski definition) is 3. The van der Waals surface area contributed by atoms with Crippen LogP contribution in [0.5, 0.6) is 5.75 Å². The number of unbranched alkanes of at least 4 members (excludes halogenated alkanes) is 1. The molecule has 1 aromatic rings. The van der Waals surface area contributed by atoms with Crippen LogP contribution >= 0.6 is 0 Å². The molecule has 2 atom stereocenters. The lowest BCUT2D eigenvalue weighted by molar-refractivity contribution is 0.189. The summed E-state index contributed by atoms with van der Waals surface area (Å²) in [7, 11) is 1.74. The molecule has 1 aromatic carbocycles. The zero-order chi connectivity index (χ0) is 15.1. The third kappa shape index (κ3) is 4.72. The lowest BCUT2D eigenvalue weighted by atomic mass is 10.0. The molecule has 21 heavy (non-hydrogen) atoms. The van der Waals surface area contributed by atoms with E-state index in [1.165, 1.54) is 44.3 Å². The first-order valence-corrected chi connectivity index (χ1v) is 8.36. The van der Waals surface area contributed by atoms with E-state index in [-0.39, 0.29) is 0 Å². The molecule has 1 aliphatic heterocycles. The van der Waals surface area contributed by atoms with E-state index < -0.39 is 0 Å². The van der Waals surface area contributed by atoms with Crippen molar-refractivity contribution in [3.63, 3.8) is 0 Å². The van der Waals surface area contributed by atoms with E-state index in [0.717, 1.165) is 12.3 Å². The van der Waals surface area contributed by atoms with Gasteiger partial charge >= 0.3 is 0 Å². The van der Waals surface area contributed by atoms with Crippen molar-refractivity contribution in [1.82, 2.24) is 10.2 Å². The van der Waals surface area contributed by atoms with Crippen LogP contribution in [0.15, 0.2) is 24.3 Å². The highest BCUT2D eigenvalue weighted by molar-refractivity contribution is 5.30. The Morgan fingerprint density at radius 2 is 2.29 bits per heavy atom. The van der Waals surface area contributed by atoms with Gasteiger partial charge in [-0.05, 0) is 57.0 Å². The van der Waals surface area contributed by atoms with Crippen LogP contribution in [-0.4, -0.2) is 37.7 Å². The minimum absolute atomic E-state index is 0.439. The Labute approximate surface area is 129 Å². The van der Waals surface area contributed by atoms with Crippen molar-refractivity contribution in [2.45, 2.75) is 51.6 Å². The lowest BCUT2D eigenvalue weighted by Gasteiger charge is -2.32. The Hall–Kier alpha value is -1.06. The van der Waals surface area contributed by atoms with Crippen molar-refractivity contribution in [3.8, 4) is 5.75 Å². The Morgan fingerprint density at radius 1 is 1.43 bits per heavy atom. The fourth-order valence-electron chi connectivity index (χ4n) is 3.11. The average molecular weight is 290 g/mol. The highest BCUT2D eigenvalue weighted by Crippen LogP contribution is 2.25. The summed E-state index contributed by atoms with van der Waals surface area (Å²) in [5, 5.41) is 3.63. The van der Waals surface area contributed by atoms with E-state index in [1.54, 1.807) is 7.11 Å². The minimum atomic E-state index is 0.439. The number of nitrogens with one attached hydrogen (secondary N) is 1. The van der Waals surface area contributed by atoms with Crippen molar-refractivity contribution in [2.75, 3.05) is 26.7 Å². The van der Waals surface area contributed by atoms with Gasteiger partial charge < -0.3 is 10.1 Å². The van der Waals surface area contributed by atoms with Gasteiger partial charge in [0.15, 0.2) is 0 Å². The molecule has 118 valence electrons. The van der Waals surface area contributed by atoms with Gasteiger partial charge in [0, 0.05) is 18.6 Å². The Bertz CT molecular complexity index is 415. The minimum Gasteiger partial charge on any atom is -0.497 e. The molecule has 0 saturated carbocycles. The molecular weight excluding hydrogens is 260 g/mol. The van der Waals surface area contributed by atoms with Crippen molar-refractivity contribution >= 4 is 0 Å². The highest BCUT2D eigenvalue weighted by Gasteiger charge is 2.22. The van der Waals surface area contributed by atoms with E-state index in [2.05, 4.69) is 42.3 Å². The average Bonchev–Trinajstić information content (AvgIpc) is 3.03. The van der Waals surface area contributed by atoms with Gasteiger partial charge in [-0.25, -0.2) is 0 Å². The maximum absolute atomic E-state index is 5.37. The van der Waals surface area contributed by atoms with Crippen LogP contribution in [0.2, 0.25) is 0 Å². The van der Waals surface area contributed by atoms with Gasteiger partial charge in [-0.15, -0.1) is 0 Å². The number of nitrogens with zero attached hydrogens (tertiary/aromatic N) is 1. The first kappa shape index (κ1) is 16.3. The molecule has 1 N–H and O–H groups in total. The second-order valence-corrected chi connectivity index (χ2v) is 6.09. The molecule has 1 heterocycles. The van der Waals surface area contributed by atoms with Gasteiger partial charge in [-0.1, -0.05) is 25.5 Å². The monoisotopic (exact) mass is 290 g/mol. The topological polar surface area (TPSA) is 24.5 Å². The fraction of sp³-hybridized carbons (Fsp3) is 0.667. The molecule has 0 radical (unpaired) electrons. The van der Waals surface area contributed by atoms with Crippen LogP contribution in [0, 0.1) is 0 Å². The number of rotatable bonds is 8. The van der Waals surface area contributed by atoms with Crippen LogP contribution in [-0.2, 0) is 0 Å². The first-order valence-electron chi connectivity index (χ1n) is 8.36. The van der Waals surface area contributed by atoms with Gasteiger partial charge in [0.1, 0.15) is 5.75 Å². The quantitative estimate of drug-likeness (QED) is 0.791. The predicted molar refractivity (Wildman–Crippen MR) is 88.9 cm³/mol. The van der Waals surface area contributed by atoms with Gasteiger partial charge in [-0.2, -0.15) is 0 Å². The second-order valence-electron chi connectivity index (χ2n) is 6.09. The van der Waals surface area contributed by atoms with Crippen LogP contribution in [0.1, 0.15) is 51.1 Å². The summed E-state index contributed by atoms with van der Waals surface area (Å²) in [6.45, 7) is 8.09. The zero-order valence-electron chi connectivity index (χ0n) is 13.8. The second kappa shape index (κ2) is 8.40. The van der Waals surface area contributed by atoms with E-state index in [9.17, 15) is 0 Å². The zero-order valence-corrected chi connectivity index (χ0v) is 13.8. The molecule has 1 aliphatic rings. The highest BCUT2D eigenvalue weighted by atomic mass is 16.5. The van der Waals surface area contributed by atoms with Crippen LogP contribution in [0.3, 0.4) is 0 Å². The number of benzene rings is 1. The Balaban J connectivity index is 2.05. The first-order chi connectivity index (χ1) is 10.2. The van der Waals surface area contributed by atoms with Crippen LogP contribution < -0.4 is 10.1 Å². The summed E-state index contributed by atoms with van der Waals surface area (Å²) >= 11 is 0. The van der Waals surface area contributed by atoms with E-state index in [0.29, 0.717) is 12.1 Å². The number of methoxy groups -OCH3 is 1. The summed E-state index contributed by atoms with van der Waals surface area (Å²) in [5.41, 5.74) is 1.35. The predicted octanol–water partition coefficient (Wildman–Crippen LogP) is 3.61. The molecule has 1 saturated heterocycles. The van der Waals surface area contributed by atoms with Gasteiger partial charge in [0.05, 0.1) is 7.11 Å². The van der Waals surface area contributed by atoms with E-state index in [4.69, 9.17) is 4.74 Å². The maximum atomic E-state index is 5.37. The molecule has 0 aromatic heterocycles. The maximum Gasteiger partial charge on any atom is 0.119 e. The summed E-state index contributed by atoms with van der Waals surface area (Å²) in [6.07, 6.45) is 5.15. The van der Waals surface area contributed by atoms with Crippen LogP contribution in [0.4, 0.5) is 0 Å². The summed E-state index contributed by atoms with van der Waals surface area (Å²) in [5.74, 6) is 0.953. The van der Waals surface area contributed by atoms with E-state index >= 15 is 0 Å². The van der Waals surface area contributed by atoms with E-state index in [1.807, 2.05) is 6.07 Å². The van der Waals surface area contributed by atoms with Gasteiger partial charge in [0.25, 0.3) is 0 Å². The third-order valence-electron chi connectivity index (χ3n) is 4.54. The van der Waals surface area contributed by atoms with Crippen molar-refractivity contribution < 1.29 is 4.74 Å². The summed E-state index contributed by atoms with van der Waals surface area (Å²) in [6, 6.07) is 9.60. The summed E-state index contributed by atoms with van der Waals surface area (Å²) in [4.78, 5) is 2.63. The molecule has 2 rings (SSSR count). The molecule has 0 spiro atoms. The standard InChI is InChI=1S/C18H30N2O/c1-4-5-12-20(14-17-9-7-11-19-17)15(2)16-8-6-10-18(13-16)21-3/h6,8,10,13,15,17,19H,4-5,7,9,11-12,14H2,1-3H3. The van der Waals surface area contributed by atoms with Crippen molar-refractivity contribution in [3.05, 3.63) is 29.8 Å². The number of hydrogen-bond donors (Lipinski definition) is 1. The van der Waals surface area contributed by atoms with Crippen molar-refractivity contribution in [1.29, 1.82) is 0 Å². The largest absolute Gasteiger partial charge is 0.497 e. The molecule has 3 nitrogen and oxygen atoms in total. The molecule has 0 amide bonds. The summed E-state index contributed by atoms with van der Waals surface area (Å²) < 4.78 is 5.37. The lowest BCUT2D eigenvalue weighted by Crippen LogP contribution is -2.39. The normalized spacial score (nSPS) is 19.9. The fourth-order valence-corrected chi connectivity index (χ4v) is 3.11. The van der Waals surface area contributed by atoms with Gasteiger partial charge in [0.2, 0.25) is 0 Å². The third-order valence-corrected chi connectivity index (χ3v) is 4.54. The molecule has 0 aliphatic carbocycles. The molecule has 3 heteroatoms. The Kier molecular flexibility index (Phi) is 6.52. The molecular formula is C18H30N2O. The van der Waals surface area contributed by atoms with Crippen LogP contribution in [0.25, 0.3) is 0 Å². The molecule has 1 fully saturated rings. The smallest absolute Gasteiger partial charge is 0.119 e. The molecule has 0 bridgehead atoms. The van der Waals surface area contributed by atoms with Crippen molar-refractivity contribution in [2.24, 2.45) is 0 Å². The SMILES string of the molecule is CCCCN(CC1CCCN1)C(C)c1cccc(OC)c1. The number of ether oxygens (including phenoxy) is 1. The van der Waals surface area contributed by atoms with Gasteiger partial charge in [-0.3, -0.25) is 4.90 Å². The Morgan fingerprint density at radius 3 is 2.95 bits per heavy atom.